The van der Waals surface area contributed by atoms with E-state index in [0.29, 0.717) is 11.0 Å². The lowest BCUT2D eigenvalue weighted by molar-refractivity contribution is -0.688. The highest BCUT2D eigenvalue weighted by Gasteiger charge is 2.53. The number of carboxylic acids is 1. The van der Waals surface area contributed by atoms with Crippen LogP contribution in [0.25, 0.3) is 10.8 Å². The van der Waals surface area contributed by atoms with E-state index < -0.39 is 29.2 Å². The maximum atomic E-state index is 13.0. The van der Waals surface area contributed by atoms with Crippen molar-refractivity contribution in [1.29, 1.82) is 0 Å². The number of carboxylic acid groups (broad SMARTS) is 1. The molecule has 3 aromatic rings. The Morgan fingerprint density at radius 1 is 1.38 bits per heavy atom. The summed E-state index contributed by atoms with van der Waals surface area (Å²) in [5.74, 6) is -2.48. The van der Waals surface area contributed by atoms with Crippen molar-refractivity contribution in [1.82, 2.24) is 15.2 Å². The van der Waals surface area contributed by atoms with Gasteiger partial charge in [-0.1, -0.05) is 23.4 Å². The number of hydrogen-bond donors (Lipinski definition) is 3. The summed E-state index contributed by atoms with van der Waals surface area (Å²) >= 11 is 2.42. The molecule has 12 nitrogen and oxygen atoms in total. The number of thioether (sulfide) groups is 1. The fraction of sp³-hybridized carbons (Fsp3) is 0.217. The lowest BCUT2D eigenvalue weighted by atomic mass is 10.0. The Kier molecular flexibility index (Phi) is 6.43. The number of thiazole rings is 1. The number of carbonyl (C=O) groups is 3. The molecular formula is C23H20N6O6S2. The molecule has 2 aliphatic rings. The van der Waals surface area contributed by atoms with Crippen molar-refractivity contribution in [2.75, 3.05) is 18.6 Å². The van der Waals surface area contributed by atoms with E-state index in [2.05, 4.69) is 15.5 Å². The van der Waals surface area contributed by atoms with Crippen molar-refractivity contribution in [3.8, 4) is 5.75 Å². The number of nitrogens with zero attached hydrogens (tertiary/aromatic N) is 4. The molecule has 190 valence electrons. The predicted molar refractivity (Wildman–Crippen MR) is 133 cm³/mol. The normalized spacial score (nSPS) is 19.4. The quantitative estimate of drug-likeness (QED) is 0.152. The number of aromatic nitrogens is 2. The number of pyridine rings is 1. The van der Waals surface area contributed by atoms with E-state index >= 15 is 0 Å². The average molecular weight is 541 g/mol. The van der Waals surface area contributed by atoms with E-state index in [-0.39, 0.29) is 40.3 Å². The van der Waals surface area contributed by atoms with Gasteiger partial charge in [0.1, 0.15) is 24.2 Å². The third-order valence-electron chi connectivity index (χ3n) is 5.89. The molecule has 0 spiro atoms. The number of β-lactam (4-membered cyclic amide) rings is 1. The van der Waals surface area contributed by atoms with Crippen LogP contribution in [-0.2, 0) is 25.8 Å². The molecule has 2 aliphatic heterocycles. The minimum atomic E-state index is -1.50. The van der Waals surface area contributed by atoms with Gasteiger partial charge < -0.3 is 30.9 Å². The highest BCUT2D eigenvalue weighted by molar-refractivity contribution is 8.00. The number of benzene rings is 1. The van der Waals surface area contributed by atoms with E-state index in [1.807, 2.05) is 18.2 Å². The molecule has 1 saturated heterocycles. The molecule has 1 fully saturated rings. The van der Waals surface area contributed by atoms with Gasteiger partial charge in [0, 0.05) is 27.5 Å². The number of aromatic hydroxyl groups is 1. The minimum Gasteiger partial charge on any atom is -0.543 e. The Morgan fingerprint density at radius 2 is 2.16 bits per heavy atom. The summed E-state index contributed by atoms with van der Waals surface area (Å²) in [5, 5.41) is 31.3. The standard InChI is InChI=1S/C23H20N6O6S2/c1-35-27-16(14-10-37-23(24)25-14)19(31)26-17-20(32)29-18(22(33)34)12(9-36-21(17)29)7-28-6-11-4-2-3-5-13(11)15(30)8-28/h2-6,8,10,17,21H,7,9H2,1H3,(H4-,24,25,26,30,31,33,34)/b27-16-/t17?,21-/m1/s1. The topological polar surface area (TPSA) is 174 Å². The number of nitrogen functional groups attached to an aromatic ring is 1. The van der Waals surface area contributed by atoms with Crippen molar-refractivity contribution in [3.63, 3.8) is 0 Å². The summed E-state index contributed by atoms with van der Waals surface area (Å²) in [6, 6.07) is 6.27. The maximum Gasteiger partial charge on any atom is 0.276 e. The maximum absolute atomic E-state index is 13.0. The van der Waals surface area contributed by atoms with Crippen molar-refractivity contribution in [2.24, 2.45) is 5.16 Å². The van der Waals surface area contributed by atoms with Crippen LogP contribution in [0.1, 0.15) is 5.69 Å². The SMILES string of the molecule is CO/N=C(\C(=O)NC1C(=O)N2C(C(=O)[O-])=C(C[n+]3cc(O)c4ccccc4c3)CS[C@H]12)c1csc(N)n1. The van der Waals surface area contributed by atoms with E-state index in [1.54, 1.807) is 16.8 Å². The van der Waals surface area contributed by atoms with Crippen LogP contribution in [0.4, 0.5) is 5.13 Å². The molecular weight excluding hydrogens is 520 g/mol. The first-order valence-electron chi connectivity index (χ1n) is 10.9. The van der Waals surface area contributed by atoms with E-state index in [4.69, 9.17) is 10.6 Å². The number of nitrogens with two attached hydrogens (primary N) is 1. The number of fused-ring (bicyclic) bond motifs is 2. The molecule has 1 aromatic carbocycles. The predicted octanol–water partition coefficient (Wildman–Crippen LogP) is -0.674. The second kappa shape index (κ2) is 9.71. The molecule has 0 aliphatic carbocycles. The summed E-state index contributed by atoms with van der Waals surface area (Å²) in [6.07, 6.45) is 3.29. The zero-order valence-corrected chi connectivity index (χ0v) is 20.9. The Morgan fingerprint density at radius 3 is 2.86 bits per heavy atom. The Balaban J connectivity index is 1.38. The van der Waals surface area contributed by atoms with Gasteiger partial charge in [-0.3, -0.25) is 14.5 Å². The molecule has 4 N–H and O–H groups in total. The van der Waals surface area contributed by atoms with Crippen LogP contribution < -0.4 is 20.7 Å². The first-order valence-corrected chi connectivity index (χ1v) is 12.8. The van der Waals surface area contributed by atoms with Crippen molar-refractivity contribution in [2.45, 2.75) is 18.0 Å². The summed E-state index contributed by atoms with van der Waals surface area (Å²) in [4.78, 5) is 47.9. The van der Waals surface area contributed by atoms with Gasteiger partial charge in [-0.2, -0.15) is 4.57 Å². The molecule has 37 heavy (non-hydrogen) atoms. The number of rotatable bonds is 7. The van der Waals surface area contributed by atoms with Gasteiger partial charge in [-0.15, -0.1) is 23.1 Å². The average Bonchev–Trinajstić information content (AvgIpc) is 3.31. The molecule has 2 aromatic heterocycles. The van der Waals surface area contributed by atoms with Crippen LogP contribution in [0, 0.1) is 0 Å². The van der Waals surface area contributed by atoms with Crippen LogP contribution in [0.5, 0.6) is 5.75 Å². The second-order valence-corrected chi connectivity index (χ2v) is 10.2. The third-order valence-corrected chi connectivity index (χ3v) is 7.91. The highest BCUT2D eigenvalue weighted by atomic mass is 32.2. The lowest BCUT2D eigenvalue weighted by Crippen LogP contribution is -2.71. The molecule has 5 rings (SSSR count). The van der Waals surface area contributed by atoms with Crippen molar-refractivity contribution >= 4 is 62.5 Å². The molecule has 0 radical (unpaired) electrons. The number of amides is 2. The van der Waals surface area contributed by atoms with Crippen LogP contribution in [0.3, 0.4) is 0 Å². The van der Waals surface area contributed by atoms with Crippen LogP contribution in [0.2, 0.25) is 0 Å². The number of hydrogen-bond acceptors (Lipinski definition) is 11. The fourth-order valence-corrected chi connectivity index (χ4v) is 6.18. The highest BCUT2D eigenvalue weighted by Crippen LogP contribution is 2.40. The first kappa shape index (κ1) is 24.5. The van der Waals surface area contributed by atoms with Gasteiger partial charge >= 0.3 is 0 Å². The Bertz CT molecular complexity index is 1500. The van der Waals surface area contributed by atoms with Crippen LogP contribution >= 0.6 is 23.1 Å². The van der Waals surface area contributed by atoms with Crippen LogP contribution in [-0.4, -0.2) is 62.8 Å². The molecule has 0 saturated carbocycles. The van der Waals surface area contributed by atoms with Gasteiger partial charge in [0.2, 0.25) is 6.20 Å². The van der Waals surface area contributed by atoms with Gasteiger partial charge in [-0.25, -0.2) is 4.98 Å². The van der Waals surface area contributed by atoms with E-state index in [0.717, 1.165) is 21.6 Å². The Labute approximate surface area is 218 Å². The zero-order chi connectivity index (χ0) is 26.3. The molecule has 2 amide bonds. The smallest absolute Gasteiger partial charge is 0.276 e. The van der Waals surface area contributed by atoms with Gasteiger partial charge in [0.15, 0.2) is 29.3 Å². The number of oxime groups is 1. The number of anilines is 1. The van der Waals surface area contributed by atoms with Gasteiger partial charge in [-0.05, 0) is 6.07 Å². The van der Waals surface area contributed by atoms with Crippen molar-refractivity contribution in [3.05, 3.63) is 59.0 Å². The lowest BCUT2D eigenvalue weighted by Gasteiger charge is -2.50. The summed E-state index contributed by atoms with van der Waals surface area (Å²) < 4.78 is 1.66. The first-order chi connectivity index (χ1) is 17.8. The number of carbonyl (C=O) groups excluding carboxylic acids is 3. The van der Waals surface area contributed by atoms with Crippen LogP contribution in [0.15, 0.2) is 58.5 Å². The number of aliphatic carboxylic acids is 1. The van der Waals surface area contributed by atoms with Gasteiger partial charge in [0.25, 0.3) is 11.8 Å². The van der Waals surface area contributed by atoms with E-state index in [9.17, 15) is 24.6 Å². The minimum absolute atomic E-state index is 0.0493. The summed E-state index contributed by atoms with van der Waals surface area (Å²) in [7, 11) is 1.27. The molecule has 14 heteroatoms. The second-order valence-electron chi connectivity index (χ2n) is 8.20. The zero-order valence-electron chi connectivity index (χ0n) is 19.3. The van der Waals surface area contributed by atoms with Gasteiger partial charge in [0.05, 0.1) is 11.7 Å². The van der Waals surface area contributed by atoms with E-state index in [1.165, 1.54) is 30.4 Å². The summed E-state index contributed by atoms with van der Waals surface area (Å²) in [6.45, 7) is 0.123. The largest absolute Gasteiger partial charge is 0.543 e. The van der Waals surface area contributed by atoms with Crippen molar-refractivity contribution < 1.29 is 34.0 Å². The molecule has 0 bridgehead atoms. The molecule has 4 heterocycles. The summed E-state index contributed by atoms with van der Waals surface area (Å²) in [5.41, 5.74) is 5.88. The third kappa shape index (κ3) is 4.44. The molecule has 2 atom stereocenters. The Hall–Kier alpha value is -4.17. The fourth-order valence-electron chi connectivity index (χ4n) is 4.29. The molecule has 1 unspecified atom stereocenters. The monoisotopic (exact) mass is 540 g/mol. The number of nitrogens with one attached hydrogen (secondary N) is 1.